The Balaban J connectivity index is 6.01. The van der Waals surface area contributed by atoms with Crippen LogP contribution in [0.15, 0.2) is 0 Å². The van der Waals surface area contributed by atoms with Crippen LogP contribution in [0.4, 0.5) is 0 Å². The molecule has 22 heavy (non-hydrogen) atoms. The van der Waals surface area contributed by atoms with Crippen molar-refractivity contribution < 1.29 is 9.22 Å². The van der Waals surface area contributed by atoms with Gasteiger partial charge < -0.3 is 0 Å². The van der Waals surface area contributed by atoms with Gasteiger partial charge in [-0.25, -0.2) is 0 Å². The van der Waals surface area contributed by atoms with Crippen molar-refractivity contribution in [2.75, 3.05) is 0 Å². The Kier molecular flexibility index (Phi) is 7.51. The van der Waals surface area contributed by atoms with Crippen molar-refractivity contribution in [1.82, 2.24) is 0 Å². The first kappa shape index (κ1) is 22.7. The summed E-state index contributed by atoms with van der Waals surface area (Å²) in [6.45, 7) is 25.6. The van der Waals surface area contributed by atoms with Crippen LogP contribution in [0.1, 0.15) is 95.9 Å². The third kappa shape index (κ3) is 7.98. The summed E-state index contributed by atoms with van der Waals surface area (Å²) in [5.41, 5.74) is -0.841. The van der Waals surface area contributed by atoms with Crippen molar-refractivity contribution in [3.05, 3.63) is 0 Å². The van der Waals surface area contributed by atoms with Crippen molar-refractivity contribution >= 4 is 19.6 Å². The van der Waals surface area contributed by atoms with Crippen molar-refractivity contribution in [3.8, 4) is 0 Å². The van der Waals surface area contributed by atoms with Gasteiger partial charge in [0.2, 0.25) is 0 Å². The molecule has 0 aliphatic carbocycles. The zero-order valence-electron chi connectivity index (χ0n) is 17.1. The molecule has 134 valence electrons. The summed E-state index contributed by atoms with van der Waals surface area (Å²) in [5.74, 6) is 0. The van der Waals surface area contributed by atoms with E-state index in [1.807, 2.05) is 0 Å². The van der Waals surface area contributed by atoms with Crippen LogP contribution >= 0.6 is 0 Å². The van der Waals surface area contributed by atoms with Gasteiger partial charge in [-0.3, -0.25) is 0 Å². The Labute approximate surface area is 145 Å². The Hall–Kier alpha value is 0.679. The molecule has 0 rings (SSSR count). The Morgan fingerprint density at radius 3 is 1.05 bits per heavy atom. The van der Waals surface area contributed by atoms with Crippen LogP contribution in [0.5, 0.6) is 0 Å². The van der Waals surface area contributed by atoms with E-state index in [2.05, 4.69) is 83.1 Å². The molecule has 0 radical (unpaired) electrons. The summed E-state index contributed by atoms with van der Waals surface area (Å²) < 4.78 is 19.9. The summed E-state index contributed by atoms with van der Waals surface area (Å²) in [6, 6.07) is 0. The molecular weight excluding hydrogens is 383 g/mol. The molecule has 0 fully saturated rings. The molecule has 4 heteroatoms. The minimum atomic E-state index is -3.90. The molecule has 0 aliphatic heterocycles. The van der Waals surface area contributed by atoms with Crippen LogP contribution in [0.3, 0.4) is 0 Å². The van der Waals surface area contributed by atoms with Crippen molar-refractivity contribution in [2.24, 2.45) is 0 Å². The van der Waals surface area contributed by atoms with Gasteiger partial charge in [0.05, 0.1) is 0 Å². The molecule has 0 atom stereocenters. The summed E-state index contributed by atoms with van der Waals surface area (Å²) >= 11 is -3.90. The molecule has 0 heterocycles. The van der Waals surface area contributed by atoms with Gasteiger partial charge in [-0.05, 0) is 0 Å². The van der Waals surface area contributed by atoms with Gasteiger partial charge >= 0.3 is 145 Å². The molecule has 0 saturated heterocycles. The molecule has 3 nitrogen and oxygen atoms in total. The normalized spacial score (nSPS) is 15.3. The third-order valence-electron chi connectivity index (χ3n) is 3.03. The van der Waals surface area contributed by atoms with E-state index in [0.29, 0.717) is 0 Å². The van der Waals surface area contributed by atoms with Crippen LogP contribution in [0, 0.1) is 0 Å². The second-order valence-corrected chi connectivity index (χ2v) is 18.6. The van der Waals surface area contributed by atoms with Crippen molar-refractivity contribution in [3.63, 3.8) is 0 Å². The SMILES string of the molecule is CCC[C](C)(C)[Sn]([O]C(C)(C)C)([O]C(C)(C)C)[O]C(C)(C)C. The van der Waals surface area contributed by atoms with Crippen molar-refractivity contribution in [1.29, 1.82) is 0 Å². The van der Waals surface area contributed by atoms with Crippen LogP contribution in [-0.2, 0) is 9.22 Å². The first-order chi connectivity index (χ1) is 9.43. The Morgan fingerprint density at radius 2 is 0.864 bits per heavy atom. The summed E-state index contributed by atoms with van der Waals surface area (Å²) in [7, 11) is 0. The quantitative estimate of drug-likeness (QED) is 0.494. The number of rotatable bonds is 6. The van der Waals surface area contributed by atoms with Crippen LogP contribution < -0.4 is 0 Å². The van der Waals surface area contributed by atoms with E-state index >= 15 is 0 Å². The molecule has 0 aromatic heterocycles. The topological polar surface area (TPSA) is 27.7 Å². The average molecular weight is 423 g/mol. The van der Waals surface area contributed by atoms with Gasteiger partial charge in [-0.2, -0.15) is 0 Å². The van der Waals surface area contributed by atoms with Crippen LogP contribution in [-0.4, -0.2) is 36.4 Å². The number of hydrogen-bond acceptors (Lipinski definition) is 3. The maximum atomic E-state index is 6.66. The fourth-order valence-corrected chi connectivity index (χ4v) is 13.7. The van der Waals surface area contributed by atoms with E-state index in [-0.39, 0.29) is 20.2 Å². The fraction of sp³-hybridized carbons (Fsp3) is 1.00. The molecule has 0 amide bonds. The van der Waals surface area contributed by atoms with Crippen LogP contribution in [0.25, 0.3) is 0 Å². The van der Waals surface area contributed by atoms with Gasteiger partial charge in [-0.1, -0.05) is 0 Å². The second kappa shape index (κ2) is 7.28. The summed E-state index contributed by atoms with van der Waals surface area (Å²) in [5, 5.41) is 0. The first-order valence-corrected chi connectivity index (χ1v) is 13.5. The monoisotopic (exact) mass is 424 g/mol. The maximum absolute atomic E-state index is 6.66. The summed E-state index contributed by atoms with van der Waals surface area (Å²) in [4.78, 5) is 0. The first-order valence-electron chi connectivity index (χ1n) is 8.54. The van der Waals surface area contributed by atoms with Crippen LogP contribution in [0.2, 0.25) is 3.43 Å². The molecule has 0 N–H and O–H groups in total. The molecule has 0 aromatic rings. The van der Waals surface area contributed by atoms with E-state index in [4.69, 9.17) is 9.22 Å². The zero-order valence-corrected chi connectivity index (χ0v) is 20.0. The van der Waals surface area contributed by atoms with Gasteiger partial charge in [0.25, 0.3) is 0 Å². The standard InChI is InChI=1S/C6H13.3C4H9O.Sn/c1-4-5-6(2)3;3*1-4(2,3)5;/h4-5H2,1-3H3;3*1-3H3;/q;3*-1;+3. The van der Waals surface area contributed by atoms with Gasteiger partial charge in [0.1, 0.15) is 0 Å². The Morgan fingerprint density at radius 1 is 0.591 bits per heavy atom. The van der Waals surface area contributed by atoms with Gasteiger partial charge in [0, 0.05) is 0 Å². The average Bonchev–Trinajstić information content (AvgIpc) is 2.07. The molecule has 0 bridgehead atoms. The van der Waals surface area contributed by atoms with E-state index in [9.17, 15) is 0 Å². The zero-order chi connectivity index (χ0) is 18.0. The van der Waals surface area contributed by atoms with E-state index in [0.717, 1.165) is 12.8 Å². The van der Waals surface area contributed by atoms with E-state index in [1.54, 1.807) is 0 Å². The molecule has 0 saturated carbocycles. The molecule has 0 spiro atoms. The third-order valence-corrected chi connectivity index (χ3v) is 16.0. The summed E-state index contributed by atoms with van der Waals surface area (Å²) in [6.07, 6.45) is 2.14. The van der Waals surface area contributed by atoms with Gasteiger partial charge in [-0.15, -0.1) is 0 Å². The van der Waals surface area contributed by atoms with E-state index < -0.39 is 19.6 Å². The number of hydrogen-bond donors (Lipinski definition) is 0. The van der Waals surface area contributed by atoms with Gasteiger partial charge in [0.15, 0.2) is 0 Å². The Bertz CT molecular complexity index is 302. The molecule has 0 aliphatic rings. The predicted octanol–water partition coefficient (Wildman–Crippen LogP) is 5.95. The predicted molar refractivity (Wildman–Crippen MR) is 97.2 cm³/mol. The molecular formula is C18H40O3Sn. The van der Waals surface area contributed by atoms with Crippen molar-refractivity contribution in [2.45, 2.75) is 116 Å². The minimum absolute atomic E-state index is 0.0722. The van der Waals surface area contributed by atoms with E-state index in [1.165, 1.54) is 0 Å². The molecule has 0 aromatic carbocycles. The fourth-order valence-electron chi connectivity index (χ4n) is 2.46. The second-order valence-electron chi connectivity index (χ2n) is 9.83. The molecule has 0 unspecified atom stereocenters.